The molecule has 0 fully saturated rings. The van der Waals surface area contributed by atoms with Gasteiger partial charge >= 0.3 is 0 Å². The largest absolute Gasteiger partial charge is 0.342 e. The normalized spacial score (nSPS) is 10.9. The van der Waals surface area contributed by atoms with Crippen LogP contribution in [0.25, 0.3) is 11.0 Å². The summed E-state index contributed by atoms with van der Waals surface area (Å²) in [5, 5.41) is 2.88. The molecule has 0 radical (unpaired) electrons. The molecule has 0 atom stereocenters. The molecule has 0 aliphatic rings. The molecule has 1 amide bonds. The number of amides is 1. The van der Waals surface area contributed by atoms with Crippen LogP contribution in [-0.2, 0) is 0 Å². The summed E-state index contributed by atoms with van der Waals surface area (Å²) in [5.41, 5.74) is 2.54. The first kappa shape index (κ1) is 13.8. The van der Waals surface area contributed by atoms with E-state index in [1.54, 1.807) is 6.07 Å². The Bertz CT molecular complexity index is 790. The van der Waals surface area contributed by atoms with E-state index in [0.717, 1.165) is 30.8 Å². The molecule has 3 aromatic rings. The van der Waals surface area contributed by atoms with Gasteiger partial charge in [0.25, 0.3) is 5.91 Å². The molecule has 0 unspecified atom stereocenters. The van der Waals surface area contributed by atoms with Crippen LogP contribution in [0.15, 0.2) is 32.5 Å². The van der Waals surface area contributed by atoms with Crippen molar-refractivity contribution in [1.29, 1.82) is 0 Å². The fraction of sp³-hybridized carbons (Fsp3) is 0.0769. The van der Waals surface area contributed by atoms with Gasteiger partial charge in [-0.05, 0) is 63.0 Å². The number of benzene rings is 1. The van der Waals surface area contributed by atoms with E-state index in [4.69, 9.17) is 0 Å². The predicted molar refractivity (Wildman–Crippen MR) is 88.5 cm³/mol. The molecule has 2 aromatic heterocycles. The molecule has 0 aliphatic heterocycles. The van der Waals surface area contributed by atoms with Gasteiger partial charge in [-0.15, -0.1) is 11.3 Å². The minimum Gasteiger partial charge on any atom is -0.342 e. The third-order valence-electron chi connectivity index (χ3n) is 2.73. The molecule has 1 aromatic carbocycles. The minimum absolute atomic E-state index is 0.128. The van der Waals surface area contributed by atoms with E-state index in [1.165, 1.54) is 11.3 Å². The Morgan fingerprint density at radius 1 is 1.35 bits per heavy atom. The monoisotopic (exact) mass is 413 g/mol. The number of imidazole rings is 1. The number of hydrogen-bond acceptors (Lipinski definition) is 3. The number of nitrogens with one attached hydrogen (secondary N) is 2. The van der Waals surface area contributed by atoms with E-state index in [9.17, 15) is 4.79 Å². The van der Waals surface area contributed by atoms with Crippen LogP contribution >= 0.6 is 43.2 Å². The minimum atomic E-state index is -0.128. The summed E-state index contributed by atoms with van der Waals surface area (Å²) < 4.78 is 1.79. The first-order valence-electron chi connectivity index (χ1n) is 5.75. The molecule has 0 spiro atoms. The highest BCUT2D eigenvalue weighted by Gasteiger charge is 2.12. The Labute approximate surface area is 135 Å². The molecule has 20 heavy (non-hydrogen) atoms. The maximum atomic E-state index is 12.2. The Balaban J connectivity index is 1.86. The predicted octanol–water partition coefficient (Wildman–Crippen LogP) is 4.71. The molecular formula is C13H9Br2N3OS. The van der Waals surface area contributed by atoms with E-state index >= 15 is 0 Å². The van der Waals surface area contributed by atoms with Gasteiger partial charge in [0.15, 0.2) is 0 Å². The smallest absolute Gasteiger partial charge is 0.265 e. The lowest BCUT2D eigenvalue weighted by Gasteiger charge is -2.03. The number of hydrogen-bond donors (Lipinski definition) is 2. The fourth-order valence-electron chi connectivity index (χ4n) is 1.87. The van der Waals surface area contributed by atoms with Gasteiger partial charge in [-0.1, -0.05) is 0 Å². The molecule has 7 heteroatoms. The van der Waals surface area contributed by atoms with Crippen molar-refractivity contribution in [2.24, 2.45) is 0 Å². The highest BCUT2D eigenvalue weighted by molar-refractivity contribution is 9.13. The van der Waals surface area contributed by atoms with Crippen molar-refractivity contribution >= 4 is 65.8 Å². The van der Waals surface area contributed by atoms with Crippen molar-refractivity contribution in [3.8, 4) is 0 Å². The van der Waals surface area contributed by atoms with Crippen LogP contribution in [0.3, 0.4) is 0 Å². The standard InChI is InChI=1S/C13H9Br2N3OS/c1-6-16-9-3-2-7(4-10(9)17-6)18-13(19)11-5-8(14)12(15)20-11/h2-5H,1H3,(H,16,17)(H,18,19). The van der Waals surface area contributed by atoms with Crippen LogP contribution in [0.5, 0.6) is 0 Å². The van der Waals surface area contributed by atoms with Crippen LogP contribution in [0.4, 0.5) is 5.69 Å². The van der Waals surface area contributed by atoms with Gasteiger partial charge in [0.05, 0.1) is 19.7 Å². The molecule has 4 nitrogen and oxygen atoms in total. The number of aryl methyl sites for hydroxylation is 1. The van der Waals surface area contributed by atoms with E-state index in [0.29, 0.717) is 4.88 Å². The molecular weight excluding hydrogens is 406 g/mol. The summed E-state index contributed by atoms with van der Waals surface area (Å²) >= 11 is 8.15. The summed E-state index contributed by atoms with van der Waals surface area (Å²) in [4.78, 5) is 20.3. The van der Waals surface area contributed by atoms with Crippen LogP contribution < -0.4 is 5.32 Å². The number of thiophene rings is 1. The van der Waals surface area contributed by atoms with Crippen LogP contribution in [0.1, 0.15) is 15.5 Å². The molecule has 0 saturated carbocycles. The third kappa shape index (κ3) is 2.65. The van der Waals surface area contributed by atoms with Crippen molar-refractivity contribution in [2.75, 3.05) is 5.32 Å². The maximum absolute atomic E-state index is 12.2. The zero-order valence-electron chi connectivity index (χ0n) is 10.3. The van der Waals surface area contributed by atoms with Gasteiger partial charge in [-0.3, -0.25) is 4.79 Å². The fourth-order valence-corrected chi connectivity index (χ4v) is 3.80. The first-order chi connectivity index (χ1) is 9.52. The van der Waals surface area contributed by atoms with E-state index < -0.39 is 0 Å². The Morgan fingerprint density at radius 3 is 2.85 bits per heavy atom. The quantitative estimate of drug-likeness (QED) is 0.637. The summed E-state index contributed by atoms with van der Waals surface area (Å²) in [5.74, 6) is 0.728. The summed E-state index contributed by atoms with van der Waals surface area (Å²) in [6, 6.07) is 7.40. The number of carbonyl (C=O) groups excluding carboxylic acids is 1. The second-order valence-corrected chi connectivity index (χ2v) is 7.46. The number of aromatic amines is 1. The second kappa shape index (κ2) is 5.31. The molecule has 0 aliphatic carbocycles. The molecule has 2 heterocycles. The maximum Gasteiger partial charge on any atom is 0.265 e. The summed E-state index contributed by atoms with van der Waals surface area (Å²) in [6.07, 6.45) is 0. The van der Waals surface area contributed by atoms with Gasteiger partial charge in [0.1, 0.15) is 5.82 Å². The van der Waals surface area contributed by atoms with E-state index in [1.807, 2.05) is 25.1 Å². The number of H-pyrrole nitrogens is 1. The number of halogens is 2. The number of aromatic nitrogens is 2. The first-order valence-corrected chi connectivity index (χ1v) is 8.16. The highest BCUT2D eigenvalue weighted by Crippen LogP contribution is 2.32. The van der Waals surface area contributed by atoms with Gasteiger partial charge < -0.3 is 10.3 Å². The average Bonchev–Trinajstić information content (AvgIpc) is 2.91. The van der Waals surface area contributed by atoms with Gasteiger partial charge in [-0.2, -0.15) is 0 Å². The Kier molecular flexibility index (Phi) is 3.66. The van der Waals surface area contributed by atoms with E-state index in [2.05, 4.69) is 47.1 Å². The number of rotatable bonds is 2. The van der Waals surface area contributed by atoms with Crippen molar-refractivity contribution in [2.45, 2.75) is 6.92 Å². The van der Waals surface area contributed by atoms with Crippen molar-refractivity contribution in [3.63, 3.8) is 0 Å². The Morgan fingerprint density at radius 2 is 2.15 bits per heavy atom. The number of carbonyl (C=O) groups is 1. The van der Waals surface area contributed by atoms with Crippen molar-refractivity contribution in [3.05, 3.63) is 43.2 Å². The van der Waals surface area contributed by atoms with E-state index in [-0.39, 0.29) is 5.91 Å². The molecule has 0 saturated heterocycles. The second-order valence-electron chi connectivity index (χ2n) is 4.24. The van der Waals surface area contributed by atoms with Crippen molar-refractivity contribution < 1.29 is 4.79 Å². The topological polar surface area (TPSA) is 57.8 Å². The van der Waals surface area contributed by atoms with Crippen LogP contribution in [0, 0.1) is 6.92 Å². The van der Waals surface area contributed by atoms with Gasteiger partial charge in [-0.25, -0.2) is 4.98 Å². The van der Waals surface area contributed by atoms with Crippen LogP contribution in [0.2, 0.25) is 0 Å². The molecule has 0 bridgehead atoms. The molecule has 102 valence electrons. The van der Waals surface area contributed by atoms with Gasteiger partial charge in [0, 0.05) is 10.2 Å². The van der Waals surface area contributed by atoms with Gasteiger partial charge in [0.2, 0.25) is 0 Å². The summed E-state index contributed by atoms with van der Waals surface area (Å²) in [6.45, 7) is 1.90. The summed E-state index contributed by atoms with van der Waals surface area (Å²) in [7, 11) is 0. The molecule has 3 rings (SSSR count). The number of fused-ring (bicyclic) bond motifs is 1. The zero-order valence-corrected chi connectivity index (χ0v) is 14.3. The van der Waals surface area contributed by atoms with Crippen LogP contribution in [-0.4, -0.2) is 15.9 Å². The zero-order chi connectivity index (χ0) is 14.3. The third-order valence-corrected chi connectivity index (χ3v) is 5.98. The number of nitrogens with zero attached hydrogens (tertiary/aromatic N) is 1. The number of anilines is 1. The lowest BCUT2D eigenvalue weighted by atomic mass is 10.2. The lowest BCUT2D eigenvalue weighted by molar-refractivity contribution is 0.103. The highest BCUT2D eigenvalue weighted by atomic mass is 79.9. The molecule has 2 N–H and O–H groups in total. The Hall–Kier alpha value is -1.18. The van der Waals surface area contributed by atoms with Crippen molar-refractivity contribution in [1.82, 2.24) is 9.97 Å². The SMILES string of the molecule is Cc1nc2ccc(NC(=O)c3cc(Br)c(Br)s3)cc2[nH]1. The lowest BCUT2D eigenvalue weighted by Crippen LogP contribution is -2.09. The average molecular weight is 415 g/mol.